The lowest BCUT2D eigenvalue weighted by Crippen LogP contribution is -2.45. The van der Waals surface area contributed by atoms with Crippen LogP contribution in [-0.4, -0.2) is 32.9 Å². The van der Waals surface area contributed by atoms with E-state index in [1.807, 2.05) is 29.2 Å². The number of hydrogen-bond donors (Lipinski definition) is 0. The molecule has 0 bridgehead atoms. The predicted octanol–water partition coefficient (Wildman–Crippen LogP) is 2.19. The summed E-state index contributed by atoms with van der Waals surface area (Å²) < 4.78 is 1.53. The summed E-state index contributed by atoms with van der Waals surface area (Å²) in [6, 6.07) is 7.74. The molecule has 116 valence electrons. The van der Waals surface area contributed by atoms with E-state index in [1.165, 1.54) is 17.2 Å². The van der Waals surface area contributed by atoms with Gasteiger partial charge in [0.2, 0.25) is 5.91 Å². The van der Waals surface area contributed by atoms with Crippen LogP contribution in [-0.2, 0) is 11.3 Å². The number of fused-ring (bicyclic) bond motifs is 1. The van der Waals surface area contributed by atoms with Crippen molar-refractivity contribution in [2.75, 3.05) is 6.54 Å². The first-order valence-electron chi connectivity index (χ1n) is 7.94. The molecule has 1 aliphatic rings. The molecule has 0 aliphatic carbocycles. The van der Waals surface area contributed by atoms with Crippen LogP contribution in [0.5, 0.6) is 0 Å². The van der Waals surface area contributed by atoms with Gasteiger partial charge in [0.05, 0.1) is 17.2 Å². The van der Waals surface area contributed by atoms with Crippen LogP contribution in [0.1, 0.15) is 32.6 Å². The Hall–Kier alpha value is -2.17. The third-order valence-electron chi connectivity index (χ3n) is 4.46. The normalized spacial score (nSPS) is 18.6. The molecule has 1 fully saturated rings. The summed E-state index contributed by atoms with van der Waals surface area (Å²) in [5.74, 6) is 0.0324. The Balaban J connectivity index is 1.91. The minimum atomic E-state index is -0.225. The van der Waals surface area contributed by atoms with E-state index in [2.05, 4.69) is 11.9 Å². The highest BCUT2D eigenvalue weighted by molar-refractivity contribution is 5.80. The van der Waals surface area contributed by atoms with Gasteiger partial charge in [0, 0.05) is 12.6 Å². The number of nitrogens with zero attached hydrogens (tertiary/aromatic N) is 3. The van der Waals surface area contributed by atoms with Gasteiger partial charge in [-0.2, -0.15) is 0 Å². The molecule has 2 heterocycles. The molecule has 1 aromatic heterocycles. The summed E-state index contributed by atoms with van der Waals surface area (Å²) in [4.78, 5) is 30.9. The third kappa shape index (κ3) is 2.75. The lowest BCUT2D eigenvalue weighted by atomic mass is 10.00. The Morgan fingerprint density at radius 2 is 2.14 bits per heavy atom. The van der Waals surface area contributed by atoms with Gasteiger partial charge in [-0.3, -0.25) is 14.2 Å². The van der Waals surface area contributed by atoms with Crippen LogP contribution in [0.25, 0.3) is 11.0 Å². The minimum absolute atomic E-state index is 0.0324. The van der Waals surface area contributed by atoms with Crippen molar-refractivity contribution in [1.82, 2.24) is 14.5 Å². The van der Waals surface area contributed by atoms with Gasteiger partial charge in [-0.25, -0.2) is 4.98 Å². The van der Waals surface area contributed by atoms with E-state index in [-0.39, 0.29) is 18.0 Å². The number of para-hydroxylation sites is 2. The summed E-state index contributed by atoms with van der Waals surface area (Å²) in [6.07, 6.45) is 5.56. The number of carbonyl (C=O) groups is 1. The summed E-state index contributed by atoms with van der Waals surface area (Å²) >= 11 is 0. The van der Waals surface area contributed by atoms with Crippen LogP contribution >= 0.6 is 0 Å². The Labute approximate surface area is 129 Å². The van der Waals surface area contributed by atoms with Crippen LogP contribution < -0.4 is 5.56 Å². The molecule has 3 rings (SSSR count). The molecule has 0 spiro atoms. The Bertz CT molecular complexity index is 738. The molecule has 1 aromatic carbocycles. The lowest BCUT2D eigenvalue weighted by Gasteiger charge is -2.35. The second-order valence-corrected chi connectivity index (χ2v) is 5.82. The van der Waals surface area contributed by atoms with Crippen LogP contribution in [0.3, 0.4) is 0 Å². The predicted molar refractivity (Wildman–Crippen MR) is 85.6 cm³/mol. The standard InChI is InChI=1S/C17H21N3O2/c1-2-13-7-5-6-10-19(13)17(22)12-20-15-9-4-3-8-14(15)18-11-16(20)21/h3-4,8-9,11,13H,2,5-7,10,12H2,1H3/t13-/m1/s1. The number of rotatable bonds is 3. The van der Waals surface area contributed by atoms with Gasteiger partial charge in [0.25, 0.3) is 5.56 Å². The molecule has 0 unspecified atom stereocenters. The molecule has 0 saturated carbocycles. The molecule has 0 radical (unpaired) electrons. The summed E-state index contributed by atoms with van der Waals surface area (Å²) in [5, 5.41) is 0. The smallest absolute Gasteiger partial charge is 0.269 e. The molecule has 1 atom stereocenters. The van der Waals surface area contributed by atoms with E-state index in [1.54, 1.807) is 0 Å². The zero-order valence-corrected chi connectivity index (χ0v) is 12.9. The fraction of sp³-hybridized carbons (Fsp3) is 0.471. The topological polar surface area (TPSA) is 55.2 Å². The number of likely N-dealkylation sites (tertiary alicyclic amines) is 1. The van der Waals surface area contributed by atoms with Crippen molar-refractivity contribution in [2.24, 2.45) is 0 Å². The fourth-order valence-corrected chi connectivity index (χ4v) is 3.26. The van der Waals surface area contributed by atoms with E-state index in [0.717, 1.165) is 31.3 Å². The van der Waals surface area contributed by atoms with Gasteiger partial charge in [0.15, 0.2) is 0 Å². The fourth-order valence-electron chi connectivity index (χ4n) is 3.26. The second kappa shape index (κ2) is 6.30. The highest BCUT2D eigenvalue weighted by Crippen LogP contribution is 2.20. The minimum Gasteiger partial charge on any atom is -0.338 e. The van der Waals surface area contributed by atoms with E-state index in [0.29, 0.717) is 11.6 Å². The van der Waals surface area contributed by atoms with E-state index >= 15 is 0 Å². The molecule has 2 aromatic rings. The SMILES string of the molecule is CC[C@@H]1CCCCN1C(=O)Cn1c(=O)cnc2ccccc21. The number of piperidine rings is 1. The van der Waals surface area contributed by atoms with Gasteiger partial charge in [-0.15, -0.1) is 0 Å². The molecule has 1 saturated heterocycles. The highest BCUT2D eigenvalue weighted by atomic mass is 16.2. The van der Waals surface area contributed by atoms with E-state index in [4.69, 9.17) is 0 Å². The average Bonchev–Trinajstić information content (AvgIpc) is 2.57. The van der Waals surface area contributed by atoms with Crippen molar-refractivity contribution in [3.63, 3.8) is 0 Å². The number of benzene rings is 1. The largest absolute Gasteiger partial charge is 0.338 e. The van der Waals surface area contributed by atoms with Crippen LogP contribution in [0.4, 0.5) is 0 Å². The Morgan fingerprint density at radius 3 is 2.95 bits per heavy atom. The zero-order valence-electron chi connectivity index (χ0n) is 12.9. The lowest BCUT2D eigenvalue weighted by molar-refractivity contribution is -0.135. The Morgan fingerprint density at radius 1 is 1.32 bits per heavy atom. The first-order valence-corrected chi connectivity index (χ1v) is 7.94. The van der Waals surface area contributed by atoms with E-state index < -0.39 is 0 Å². The van der Waals surface area contributed by atoms with E-state index in [9.17, 15) is 9.59 Å². The van der Waals surface area contributed by atoms with Crippen molar-refractivity contribution in [2.45, 2.75) is 45.2 Å². The van der Waals surface area contributed by atoms with Gasteiger partial charge in [-0.05, 0) is 37.8 Å². The first-order chi connectivity index (χ1) is 10.7. The van der Waals surface area contributed by atoms with Crippen LogP contribution in [0.2, 0.25) is 0 Å². The quantitative estimate of drug-likeness (QED) is 0.873. The zero-order chi connectivity index (χ0) is 15.5. The van der Waals surface area contributed by atoms with Crippen molar-refractivity contribution in [3.8, 4) is 0 Å². The van der Waals surface area contributed by atoms with Gasteiger partial charge in [0.1, 0.15) is 6.54 Å². The molecular weight excluding hydrogens is 278 g/mol. The van der Waals surface area contributed by atoms with Crippen LogP contribution in [0.15, 0.2) is 35.3 Å². The molecule has 22 heavy (non-hydrogen) atoms. The molecule has 0 N–H and O–H groups in total. The monoisotopic (exact) mass is 299 g/mol. The number of amides is 1. The van der Waals surface area contributed by atoms with Crippen molar-refractivity contribution >= 4 is 16.9 Å². The summed E-state index contributed by atoms with van der Waals surface area (Å²) in [5.41, 5.74) is 1.23. The maximum absolute atomic E-state index is 12.7. The maximum Gasteiger partial charge on any atom is 0.269 e. The summed E-state index contributed by atoms with van der Waals surface area (Å²) in [6.45, 7) is 3.01. The molecular formula is C17H21N3O2. The van der Waals surface area contributed by atoms with Crippen LogP contribution in [0, 0.1) is 0 Å². The van der Waals surface area contributed by atoms with Gasteiger partial charge in [-0.1, -0.05) is 19.1 Å². The molecule has 1 aliphatic heterocycles. The first kappa shape index (κ1) is 14.8. The molecule has 5 nitrogen and oxygen atoms in total. The maximum atomic E-state index is 12.7. The third-order valence-corrected chi connectivity index (χ3v) is 4.46. The number of hydrogen-bond acceptors (Lipinski definition) is 3. The average molecular weight is 299 g/mol. The molecule has 5 heteroatoms. The van der Waals surface area contributed by atoms with Crippen molar-refractivity contribution < 1.29 is 4.79 Å². The van der Waals surface area contributed by atoms with Crippen molar-refractivity contribution in [1.29, 1.82) is 0 Å². The molecule has 1 amide bonds. The second-order valence-electron chi connectivity index (χ2n) is 5.82. The Kier molecular flexibility index (Phi) is 4.22. The van der Waals surface area contributed by atoms with Crippen molar-refractivity contribution in [3.05, 3.63) is 40.8 Å². The van der Waals surface area contributed by atoms with Gasteiger partial charge < -0.3 is 4.90 Å². The van der Waals surface area contributed by atoms with Gasteiger partial charge >= 0.3 is 0 Å². The summed E-state index contributed by atoms with van der Waals surface area (Å²) in [7, 11) is 0. The highest BCUT2D eigenvalue weighted by Gasteiger charge is 2.25. The number of aromatic nitrogens is 2. The number of carbonyl (C=O) groups excluding carboxylic acids is 1.